The molecule has 1 nitrogen and oxygen atoms in total. The molecular formula is C6H14ClNS. The Bertz CT molecular complexity index is 59.0. The number of hydrogen-bond acceptors (Lipinski definition) is 2. The summed E-state index contributed by atoms with van der Waals surface area (Å²) in [6.45, 7) is 1.17. The van der Waals surface area contributed by atoms with Crippen LogP contribution in [0.5, 0.6) is 0 Å². The largest absolute Gasteiger partial charge is 0.309 e. The maximum atomic E-state index is 5.47. The molecule has 0 amide bonds. The lowest BCUT2D eigenvalue weighted by atomic mass is 10.5. The maximum absolute atomic E-state index is 5.47. The van der Waals surface area contributed by atoms with Crippen LogP contribution in [0.15, 0.2) is 0 Å². The van der Waals surface area contributed by atoms with Crippen molar-refractivity contribution in [2.24, 2.45) is 0 Å². The zero-order valence-corrected chi connectivity index (χ0v) is 7.63. The first kappa shape index (κ1) is 9.60. The third-order valence-electron chi connectivity index (χ3n) is 0.971. The van der Waals surface area contributed by atoms with Crippen molar-refractivity contribution in [2.45, 2.75) is 6.42 Å². The molecule has 0 aromatic heterocycles. The van der Waals surface area contributed by atoms with E-state index in [0.29, 0.717) is 0 Å². The first-order chi connectivity index (χ1) is 4.27. The van der Waals surface area contributed by atoms with Gasteiger partial charge in [0.15, 0.2) is 0 Å². The van der Waals surface area contributed by atoms with Gasteiger partial charge in [-0.2, -0.15) is 0 Å². The summed E-state index contributed by atoms with van der Waals surface area (Å²) in [6, 6.07) is 0. The first-order valence-corrected chi connectivity index (χ1v) is 4.74. The van der Waals surface area contributed by atoms with Crippen molar-refractivity contribution in [3.8, 4) is 0 Å². The van der Waals surface area contributed by atoms with E-state index < -0.39 is 0 Å². The van der Waals surface area contributed by atoms with E-state index in [2.05, 4.69) is 19.0 Å². The second-order valence-electron chi connectivity index (χ2n) is 2.17. The molecular weight excluding hydrogens is 154 g/mol. The maximum Gasteiger partial charge on any atom is 0.0680 e. The van der Waals surface area contributed by atoms with E-state index in [1.165, 1.54) is 18.7 Å². The van der Waals surface area contributed by atoms with Crippen LogP contribution in [0.4, 0.5) is 0 Å². The summed E-state index contributed by atoms with van der Waals surface area (Å²) in [7, 11) is 4.18. The van der Waals surface area contributed by atoms with E-state index in [1.807, 2.05) is 0 Å². The van der Waals surface area contributed by atoms with E-state index >= 15 is 0 Å². The average molecular weight is 168 g/mol. The molecule has 0 atom stereocenters. The molecule has 0 saturated carbocycles. The summed E-state index contributed by atoms with van der Waals surface area (Å²) >= 11 is 7.26. The topological polar surface area (TPSA) is 3.24 Å². The number of hydrogen-bond donors (Lipinski definition) is 0. The fraction of sp³-hybridized carbons (Fsp3) is 1.00. The van der Waals surface area contributed by atoms with Crippen LogP contribution < -0.4 is 0 Å². The summed E-state index contributed by atoms with van der Waals surface area (Å²) in [5.74, 6) is 1.18. The Hall–Kier alpha value is 0.600. The fourth-order valence-corrected chi connectivity index (χ4v) is 1.31. The Morgan fingerprint density at radius 3 is 2.56 bits per heavy atom. The van der Waals surface area contributed by atoms with Gasteiger partial charge in [0.2, 0.25) is 0 Å². The van der Waals surface area contributed by atoms with Crippen LogP contribution in [0.25, 0.3) is 0 Å². The van der Waals surface area contributed by atoms with Gasteiger partial charge in [0.05, 0.1) is 5.21 Å². The third-order valence-corrected chi connectivity index (χ3v) is 2.17. The fourth-order valence-electron chi connectivity index (χ4n) is 0.537. The molecule has 0 unspecified atom stereocenters. The molecule has 0 aromatic carbocycles. The number of nitrogens with zero attached hydrogens (tertiary/aromatic N) is 1. The van der Waals surface area contributed by atoms with Crippen LogP contribution in [0.1, 0.15) is 6.42 Å². The Kier molecular flexibility index (Phi) is 7.16. The monoisotopic (exact) mass is 167 g/mol. The number of halogens is 1. The minimum absolute atomic E-state index is 0.730. The molecule has 0 bridgehead atoms. The van der Waals surface area contributed by atoms with Crippen LogP contribution in [0, 0.1) is 0 Å². The zero-order valence-electron chi connectivity index (χ0n) is 6.06. The average Bonchev–Trinajstić information content (AvgIpc) is 1.80. The summed E-state index contributed by atoms with van der Waals surface area (Å²) in [5.41, 5.74) is 0. The Morgan fingerprint density at radius 1 is 1.44 bits per heavy atom. The van der Waals surface area contributed by atoms with Gasteiger partial charge in [-0.25, -0.2) is 0 Å². The highest BCUT2D eigenvalue weighted by atomic mass is 35.5. The minimum atomic E-state index is 0.730. The van der Waals surface area contributed by atoms with Crippen molar-refractivity contribution >= 4 is 23.4 Å². The second kappa shape index (κ2) is 6.72. The van der Waals surface area contributed by atoms with Gasteiger partial charge in [0.1, 0.15) is 0 Å². The minimum Gasteiger partial charge on any atom is -0.309 e. The molecule has 0 heterocycles. The third kappa shape index (κ3) is 8.60. The van der Waals surface area contributed by atoms with Crippen molar-refractivity contribution in [3.63, 3.8) is 0 Å². The first-order valence-electron chi connectivity index (χ1n) is 3.06. The molecule has 0 aromatic rings. The van der Waals surface area contributed by atoms with Crippen molar-refractivity contribution in [1.29, 1.82) is 0 Å². The lowest BCUT2D eigenvalue weighted by Gasteiger charge is -2.07. The van der Waals surface area contributed by atoms with Crippen molar-refractivity contribution in [2.75, 3.05) is 31.6 Å². The van der Waals surface area contributed by atoms with Gasteiger partial charge >= 0.3 is 0 Å². The van der Waals surface area contributed by atoms with Crippen molar-refractivity contribution in [1.82, 2.24) is 4.90 Å². The predicted molar refractivity (Wildman–Crippen MR) is 46.3 cm³/mol. The second-order valence-corrected chi connectivity index (χ2v) is 3.86. The predicted octanol–water partition coefficient (Wildman–Crippen LogP) is 1.87. The number of alkyl halides is 1. The lowest BCUT2D eigenvalue weighted by Crippen LogP contribution is -2.13. The Morgan fingerprint density at radius 2 is 2.11 bits per heavy atom. The summed E-state index contributed by atoms with van der Waals surface area (Å²) in [6.07, 6.45) is 1.24. The van der Waals surface area contributed by atoms with E-state index in [9.17, 15) is 0 Å². The van der Waals surface area contributed by atoms with Gasteiger partial charge in [0.25, 0.3) is 0 Å². The van der Waals surface area contributed by atoms with Gasteiger partial charge in [-0.3, -0.25) is 0 Å². The van der Waals surface area contributed by atoms with E-state index in [4.69, 9.17) is 11.6 Å². The highest BCUT2D eigenvalue weighted by Gasteiger charge is 1.89. The number of rotatable bonds is 5. The molecule has 0 saturated heterocycles. The standard InChI is InChI=1S/C6H14ClNS/c1-8(2)4-3-5-9-6-7/h3-6H2,1-2H3. The van der Waals surface area contributed by atoms with Gasteiger partial charge in [-0.15, -0.1) is 23.4 Å². The summed E-state index contributed by atoms with van der Waals surface area (Å²) < 4.78 is 0. The molecule has 0 aliphatic rings. The van der Waals surface area contributed by atoms with Crippen molar-refractivity contribution in [3.05, 3.63) is 0 Å². The SMILES string of the molecule is CN(C)CCCSCCl. The molecule has 0 rings (SSSR count). The molecule has 9 heavy (non-hydrogen) atoms. The zero-order chi connectivity index (χ0) is 7.11. The Balaban J connectivity index is 2.75. The van der Waals surface area contributed by atoms with E-state index in [-0.39, 0.29) is 0 Å². The summed E-state index contributed by atoms with van der Waals surface area (Å²) in [5, 5.41) is 0.730. The number of thioether (sulfide) groups is 1. The van der Waals surface area contributed by atoms with Crippen molar-refractivity contribution < 1.29 is 0 Å². The van der Waals surface area contributed by atoms with Gasteiger partial charge in [-0.05, 0) is 32.8 Å². The highest BCUT2D eigenvalue weighted by molar-refractivity contribution is 8.00. The van der Waals surface area contributed by atoms with Gasteiger partial charge < -0.3 is 4.90 Å². The molecule has 0 N–H and O–H groups in total. The van der Waals surface area contributed by atoms with E-state index in [0.717, 1.165) is 5.21 Å². The van der Waals surface area contributed by atoms with Crippen LogP contribution in [0.3, 0.4) is 0 Å². The molecule has 0 fully saturated rings. The van der Waals surface area contributed by atoms with Crippen LogP contribution in [-0.4, -0.2) is 36.5 Å². The van der Waals surface area contributed by atoms with E-state index in [1.54, 1.807) is 11.8 Å². The molecule has 0 aliphatic carbocycles. The van der Waals surface area contributed by atoms with Crippen LogP contribution in [-0.2, 0) is 0 Å². The smallest absolute Gasteiger partial charge is 0.0680 e. The molecule has 0 radical (unpaired) electrons. The summed E-state index contributed by atoms with van der Waals surface area (Å²) in [4.78, 5) is 2.19. The molecule has 0 aliphatic heterocycles. The quantitative estimate of drug-likeness (QED) is 0.455. The van der Waals surface area contributed by atoms with Crippen LogP contribution >= 0.6 is 23.4 Å². The molecule has 0 spiro atoms. The Labute approximate surface area is 66.8 Å². The van der Waals surface area contributed by atoms with Gasteiger partial charge in [-0.1, -0.05) is 0 Å². The van der Waals surface area contributed by atoms with Gasteiger partial charge in [0, 0.05) is 0 Å². The highest BCUT2D eigenvalue weighted by Crippen LogP contribution is 2.03. The lowest BCUT2D eigenvalue weighted by molar-refractivity contribution is 0.410. The molecule has 3 heteroatoms. The van der Waals surface area contributed by atoms with Crippen LogP contribution in [0.2, 0.25) is 0 Å². The normalized spacial score (nSPS) is 10.7. The molecule has 56 valence electrons.